The quantitative estimate of drug-likeness (QED) is 0.883. The Kier molecular flexibility index (Phi) is 3.73. The molecule has 108 valence electrons. The van der Waals surface area contributed by atoms with Gasteiger partial charge in [0.1, 0.15) is 0 Å². The van der Waals surface area contributed by atoms with Gasteiger partial charge in [-0.25, -0.2) is 4.39 Å². The van der Waals surface area contributed by atoms with Crippen LogP contribution in [0.15, 0.2) is 12.1 Å². The van der Waals surface area contributed by atoms with E-state index in [1.807, 2.05) is 4.57 Å². The van der Waals surface area contributed by atoms with Gasteiger partial charge in [0.25, 0.3) is 0 Å². The summed E-state index contributed by atoms with van der Waals surface area (Å²) in [7, 11) is 1.44. The molecule has 1 aliphatic rings. The molecule has 0 spiro atoms. The Hall–Kier alpha value is -1.44. The normalized spacial score (nSPS) is 19.4. The van der Waals surface area contributed by atoms with E-state index < -0.39 is 5.82 Å². The minimum atomic E-state index is -0.416. The first-order valence-corrected chi connectivity index (χ1v) is 6.75. The van der Waals surface area contributed by atoms with Crippen LogP contribution in [0, 0.1) is 10.6 Å². The monoisotopic (exact) mass is 298 g/mol. The van der Waals surface area contributed by atoms with Gasteiger partial charge in [-0.1, -0.05) is 0 Å². The molecule has 3 rings (SSSR count). The van der Waals surface area contributed by atoms with Crippen LogP contribution >= 0.6 is 12.2 Å². The standard InChI is InChI=1S/C13H15FN2O3S/c1-17-12-5-11-10(4-9(12)14)15-13(20)16(11)6-8-7-18-2-3-19-8/h4-5,8H,2-3,6-7H2,1H3,(H,15,20). The molecule has 1 atom stereocenters. The van der Waals surface area contributed by atoms with Gasteiger partial charge in [0.15, 0.2) is 16.3 Å². The van der Waals surface area contributed by atoms with Gasteiger partial charge >= 0.3 is 0 Å². The highest BCUT2D eigenvalue weighted by Crippen LogP contribution is 2.25. The maximum absolute atomic E-state index is 13.7. The number of nitrogens with one attached hydrogen (secondary N) is 1. The van der Waals surface area contributed by atoms with Crippen molar-refractivity contribution in [3.63, 3.8) is 0 Å². The fourth-order valence-electron chi connectivity index (χ4n) is 2.34. The number of aromatic amines is 1. The van der Waals surface area contributed by atoms with Crippen molar-refractivity contribution in [2.24, 2.45) is 0 Å². The number of ether oxygens (including phenoxy) is 3. The summed E-state index contributed by atoms with van der Waals surface area (Å²) in [6, 6.07) is 3.03. The van der Waals surface area contributed by atoms with Crippen LogP contribution < -0.4 is 4.74 Å². The Morgan fingerprint density at radius 1 is 1.50 bits per heavy atom. The number of hydrogen-bond acceptors (Lipinski definition) is 4. The average molecular weight is 298 g/mol. The number of aromatic nitrogens is 2. The van der Waals surface area contributed by atoms with E-state index in [9.17, 15) is 4.39 Å². The molecule has 1 aliphatic heterocycles. The lowest BCUT2D eigenvalue weighted by atomic mass is 10.2. The number of benzene rings is 1. The fourth-order valence-corrected chi connectivity index (χ4v) is 2.62. The first-order chi connectivity index (χ1) is 9.69. The van der Waals surface area contributed by atoms with Crippen molar-refractivity contribution in [2.45, 2.75) is 12.6 Å². The molecule has 1 N–H and O–H groups in total. The highest BCUT2D eigenvalue weighted by Gasteiger charge is 2.18. The van der Waals surface area contributed by atoms with E-state index in [4.69, 9.17) is 26.4 Å². The fraction of sp³-hybridized carbons (Fsp3) is 0.462. The molecule has 1 unspecified atom stereocenters. The number of rotatable bonds is 3. The number of hydrogen-bond donors (Lipinski definition) is 1. The number of fused-ring (bicyclic) bond motifs is 1. The SMILES string of the molecule is COc1cc2c(cc1F)[nH]c(=S)n2CC1COCCO1. The number of halogens is 1. The Morgan fingerprint density at radius 3 is 3.05 bits per heavy atom. The largest absolute Gasteiger partial charge is 0.494 e. The van der Waals surface area contributed by atoms with Crippen LogP contribution in [0.2, 0.25) is 0 Å². The molecule has 0 bridgehead atoms. The molecule has 0 saturated carbocycles. The van der Waals surface area contributed by atoms with Crippen LogP contribution in [-0.2, 0) is 16.0 Å². The predicted molar refractivity (Wildman–Crippen MR) is 74.2 cm³/mol. The molecule has 20 heavy (non-hydrogen) atoms. The highest BCUT2D eigenvalue weighted by atomic mass is 32.1. The lowest BCUT2D eigenvalue weighted by molar-refractivity contribution is -0.0933. The van der Waals surface area contributed by atoms with Gasteiger partial charge in [0, 0.05) is 12.1 Å². The number of methoxy groups -OCH3 is 1. The summed E-state index contributed by atoms with van der Waals surface area (Å²) in [5.74, 6) is -0.221. The van der Waals surface area contributed by atoms with Gasteiger partial charge < -0.3 is 23.8 Å². The Morgan fingerprint density at radius 2 is 2.35 bits per heavy atom. The highest BCUT2D eigenvalue weighted by molar-refractivity contribution is 7.71. The minimum absolute atomic E-state index is 0.0505. The lowest BCUT2D eigenvalue weighted by Gasteiger charge is -2.23. The third kappa shape index (κ3) is 2.44. The summed E-state index contributed by atoms with van der Waals surface area (Å²) in [6.07, 6.45) is -0.0505. The smallest absolute Gasteiger partial charge is 0.178 e. The lowest BCUT2D eigenvalue weighted by Crippen LogP contribution is -2.32. The molecule has 0 radical (unpaired) electrons. The van der Waals surface area contributed by atoms with Crippen LogP contribution in [0.1, 0.15) is 0 Å². The van der Waals surface area contributed by atoms with Crippen molar-refractivity contribution in [1.29, 1.82) is 0 Å². The molecule has 2 aromatic rings. The summed E-state index contributed by atoms with van der Waals surface area (Å²) in [4.78, 5) is 2.99. The van der Waals surface area contributed by atoms with Crippen molar-refractivity contribution in [1.82, 2.24) is 9.55 Å². The summed E-state index contributed by atoms with van der Waals surface area (Å²) in [5, 5.41) is 0. The third-order valence-electron chi connectivity index (χ3n) is 3.32. The number of H-pyrrole nitrogens is 1. The zero-order valence-electron chi connectivity index (χ0n) is 11.0. The maximum atomic E-state index is 13.7. The molecule has 1 aromatic carbocycles. The molecular weight excluding hydrogens is 283 g/mol. The zero-order chi connectivity index (χ0) is 14.1. The molecule has 1 fully saturated rings. The van der Waals surface area contributed by atoms with Crippen molar-refractivity contribution >= 4 is 23.3 Å². The van der Waals surface area contributed by atoms with Crippen LogP contribution in [0.25, 0.3) is 11.0 Å². The first-order valence-electron chi connectivity index (χ1n) is 6.34. The third-order valence-corrected chi connectivity index (χ3v) is 3.64. The Labute approximate surface area is 120 Å². The van der Waals surface area contributed by atoms with Crippen molar-refractivity contribution < 1.29 is 18.6 Å². The van der Waals surface area contributed by atoms with E-state index in [2.05, 4.69) is 4.98 Å². The second-order valence-electron chi connectivity index (χ2n) is 4.61. The molecule has 1 aromatic heterocycles. The van der Waals surface area contributed by atoms with Gasteiger partial charge in [-0.15, -0.1) is 0 Å². The van der Waals surface area contributed by atoms with Crippen molar-refractivity contribution in [3.8, 4) is 5.75 Å². The van der Waals surface area contributed by atoms with Gasteiger partial charge in [-0.05, 0) is 12.2 Å². The average Bonchev–Trinajstić information content (AvgIpc) is 2.74. The zero-order valence-corrected chi connectivity index (χ0v) is 11.8. The van der Waals surface area contributed by atoms with Crippen LogP contribution in [0.4, 0.5) is 4.39 Å². The van der Waals surface area contributed by atoms with Gasteiger partial charge in [0.2, 0.25) is 0 Å². The van der Waals surface area contributed by atoms with Gasteiger partial charge in [0.05, 0.1) is 50.6 Å². The van der Waals surface area contributed by atoms with E-state index in [0.717, 1.165) is 5.52 Å². The topological polar surface area (TPSA) is 48.4 Å². The second kappa shape index (κ2) is 5.51. The van der Waals surface area contributed by atoms with E-state index in [-0.39, 0.29) is 11.9 Å². The summed E-state index contributed by atoms with van der Waals surface area (Å²) in [6.45, 7) is 2.30. The summed E-state index contributed by atoms with van der Waals surface area (Å²) >= 11 is 5.29. The first kappa shape index (κ1) is 13.5. The van der Waals surface area contributed by atoms with Crippen LogP contribution in [0.3, 0.4) is 0 Å². The van der Waals surface area contributed by atoms with Crippen LogP contribution in [0.5, 0.6) is 5.75 Å². The second-order valence-corrected chi connectivity index (χ2v) is 5.00. The van der Waals surface area contributed by atoms with E-state index in [1.165, 1.54) is 13.2 Å². The number of imidazole rings is 1. The van der Waals surface area contributed by atoms with E-state index in [0.29, 0.717) is 36.7 Å². The van der Waals surface area contributed by atoms with Crippen LogP contribution in [-0.4, -0.2) is 42.6 Å². The Balaban J connectivity index is 2.00. The van der Waals surface area contributed by atoms with Crippen molar-refractivity contribution in [2.75, 3.05) is 26.9 Å². The minimum Gasteiger partial charge on any atom is -0.494 e. The summed E-state index contributed by atoms with van der Waals surface area (Å²) < 4.78 is 32.1. The maximum Gasteiger partial charge on any atom is 0.178 e. The molecular formula is C13H15FN2O3S. The summed E-state index contributed by atoms with van der Waals surface area (Å²) in [5.41, 5.74) is 1.44. The molecule has 2 heterocycles. The molecule has 7 heteroatoms. The van der Waals surface area contributed by atoms with Crippen molar-refractivity contribution in [3.05, 3.63) is 22.7 Å². The van der Waals surface area contributed by atoms with E-state index in [1.54, 1.807) is 6.07 Å². The molecule has 0 amide bonds. The van der Waals surface area contributed by atoms with E-state index >= 15 is 0 Å². The molecule has 1 saturated heterocycles. The number of nitrogens with zero attached hydrogens (tertiary/aromatic N) is 1. The van der Waals surface area contributed by atoms with Gasteiger partial charge in [-0.2, -0.15) is 0 Å². The predicted octanol–water partition coefficient (Wildman–Crippen LogP) is 2.26. The Bertz CT molecular complexity index is 676. The molecule has 0 aliphatic carbocycles. The molecule has 5 nitrogen and oxygen atoms in total. The van der Waals surface area contributed by atoms with Gasteiger partial charge in [-0.3, -0.25) is 0 Å².